The van der Waals surface area contributed by atoms with Gasteiger partial charge in [-0.25, -0.2) is 9.36 Å². The Bertz CT molecular complexity index is 1290. The highest BCUT2D eigenvalue weighted by atomic mass is 16.3. The molecule has 144 valence electrons. The van der Waals surface area contributed by atoms with Crippen LogP contribution in [0.3, 0.4) is 0 Å². The monoisotopic (exact) mass is 386 g/mol. The molecule has 1 aromatic heterocycles. The average Bonchev–Trinajstić information content (AvgIpc) is 2.72. The van der Waals surface area contributed by atoms with Crippen LogP contribution < -0.4 is 11.2 Å². The molecule has 1 heterocycles. The maximum atomic E-state index is 12.5. The second-order valence-corrected chi connectivity index (χ2v) is 6.69. The van der Waals surface area contributed by atoms with E-state index >= 15 is 0 Å². The highest BCUT2D eigenvalue weighted by Gasteiger charge is 2.20. The van der Waals surface area contributed by atoms with Gasteiger partial charge in [0.15, 0.2) is 5.78 Å². The number of rotatable bonds is 3. The van der Waals surface area contributed by atoms with E-state index < -0.39 is 17.1 Å². The first-order chi connectivity index (χ1) is 14.0. The lowest BCUT2D eigenvalue weighted by Crippen LogP contribution is -2.30. The lowest BCUT2D eigenvalue weighted by molar-refractivity contribution is -0.109. The maximum Gasteiger partial charge on any atom is 0.335 e. The van der Waals surface area contributed by atoms with Crippen molar-refractivity contribution in [1.82, 2.24) is 9.55 Å². The molecule has 0 fully saturated rings. The number of benzene rings is 2. The van der Waals surface area contributed by atoms with E-state index in [4.69, 9.17) is 0 Å². The van der Waals surface area contributed by atoms with Gasteiger partial charge in [-0.1, -0.05) is 49.4 Å². The molecule has 0 unspecified atom stereocenters. The zero-order valence-electron chi connectivity index (χ0n) is 15.7. The van der Waals surface area contributed by atoms with E-state index in [0.717, 1.165) is 22.1 Å². The van der Waals surface area contributed by atoms with Crippen LogP contribution in [-0.4, -0.2) is 20.4 Å². The molecule has 2 N–H and O–H groups in total. The number of nitrogens with one attached hydrogen (secondary N) is 1. The van der Waals surface area contributed by atoms with Gasteiger partial charge in [0.1, 0.15) is 5.56 Å². The lowest BCUT2D eigenvalue weighted by atomic mass is 9.90. The SMILES string of the molecule is CCc1ccc(-n2c(O)c(C=C3C(=O)C=Cc4ccccc43)c(=O)[nH]c2=O)cc1. The smallest absolute Gasteiger partial charge is 0.335 e. The number of allylic oxidation sites excluding steroid dienone is 2. The molecule has 4 rings (SSSR count). The quantitative estimate of drug-likeness (QED) is 0.677. The Labute approximate surface area is 166 Å². The van der Waals surface area contributed by atoms with E-state index in [9.17, 15) is 19.5 Å². The van der Waals surface area contributed by atoms with E-state index in [1.54, 1.807) is 30.3 Å². The predicted octanol–water partition coefficient (Wildman–Crippen LogP) is 2.93. The number of H-pyrrole nitrogens is 1. The highest BCUT2D eigenvalue weighted by Crippen LogP contribution is 2.29. The average molecular weight is 386 g/mol. The number of hydrogen-bond acceptors (Lipinski definition) is 4. The topological polar surface area (TPSA) is 92.2 Å². The molecule has 0 aliphatic heterocycles. The molecule has 0 spiro atoms. The molecule has 29 heavy (non-hydrogen) atoms. The number of fused-ring (bicyclic) bond motifs is 1. The summed E-state index contributed by atoms with van der Waals surface area (Å²) in [6.07, 6.45) is 5.28. The molecular formula is C23H18N2O4. The second-order valence-electron chi connectivity index (χ2n) is 6.69. The van der Waals surface area contributed by atoms with Crippen molar-refractivity contribution in [3.05, 3.63) is 97.7 Å². The van der Waals surface area contributed by atoms with Gasteiger partial charge in [0.2, 0.25) is 5.88 Å². The van der Waals surface area contributed by atoms with Crippen molar-refractivity contribution in [2.75, 3.05) is 0 Å². The van der Waals surface area contributed by atoms with Crippen LogP contribution in [0.1, 0.15) is 29.2 Å². The first kappa shape index (κ1) is 18.4. The van der Waals surface area contributed by atoms with Gasteiger partial charge in [0, 0.05) is 5.57 Å². The summed E-state index contributed by atoms with van der Waals surface area (Å²) in [7, 11) is 0. The molecule has 6 nitrogen and oxygen atoms in total. The highest BCUT2D eigenvalue weighted by molar-refractivity contribution is 6.33. The Morgan fingerprint density at radius 3 is 2.45 bits per heavy atom. The fraction of sp³-hybridized carbons (Fsp3) is 0.0870. The molecule has 0 amide bonds. The number of aromatic nitrogens is 2. The summed E-state index contributed by atoms with van der Waals surface area (Å²) in [5.41, 5.74) is 1.57. The molecule has 0 saturated carbocycles. The standard InChI is InChI=1S/C23H18N2O4/c1-2-14-7-10-16(11-8-14)25-22(28)19(21(27)24-23(25)29)13-18-17-6-4-3-5-15(17)9-12-20(18)26/h3-13,28H,2H2,1H3,(H,24,27,29). The maximum absolute atomic E-state index is 12.5. The van der Waals surface area contributed by atoms with Gasteiger partial charge in [-0.15, -0.1) is 0 Å². The number of aromatic amines is 1. The van der Waals surface area contributed by atoms with E-state index in [0.29, 0.717) is 11.3 Å². The Hall–Kier alpha value is -3.93. The van der Waals surface area contributed by atoms with Gasteiger partial charge in [-0.05, 0) is 47.4 Å². The minimum atomic E-state index is -0.763. The van der Waals surface area contributed by atoms with Gasteiger partial charge >= 0.3 is 5.69 Å². The van der Waals surface area contributed by atoms with E-state index in [-0.39, 0.29) is 16.9 Å². The summed E-state index contributed by atoms with van der Waals surface area (Å²) in [6, 6.07) is 14.3. The number of carbonyl (C=O) groups is 1. The van der Waals surface area contributed by atoms with Gasteiger partial charge in [-0.3, -0.25) is 14.6 Å². The van der Waals surface area contributed by atoms with Crippen molar-refractivity contribution in [2.45, 2.75) is 13.3 Å². The molecule has 1 aliphatic carbocycles. The van der Waals surface area contributed by atoms with Crippen LogP contribution in [-0.2, 0) is 11.2 Å². The third-order valence-electron chi connectivity index (χ3n) is 4.94. The second kappa shape index (κ2) is 7.24. The first-order valence-corrected chi connectivity index (χ1v) is 9.20. The molecule has 2 aromatic carbocycles. The van der Waals surface area contributed by atoms with E-state index in [1.165, 1.54) is 12.2 Å². The Morgan fingerprint density at radius 2 is 1.72 bits per heavy atom. The van der Waals surface area contributed by atoms with Crippen LogP contribution in [0.4, 0.5) is 0 Å². The number of aryl methyl sites for hydroxylation is 1. The minimum absolute atomic E-state index is 0.155. The third kappa shape index (κ3) is 3.25. The number of nitrogens with zero attached hydrogens (tertiary/aromatic N) is 1. The molecule has 0 saturated heterocycles. The molecule has 3 aromatic rings. The van der Waals surface area contributed by atoms with Crippen molar-refractivity contribution in [3.8, 4) is 11.6 Å². The third-order valence-corrected chi connectivity index (χ3v) is 4.94. The largest absolute Gasteiger partial charge is 0.494 e. The summed E-state index contributed by atoms with van der Waals surface area (Å²) in [6.45, 7) is 2.01. The fourth-order valence-corrected chi connectivity index (χ4v) is 3.36. The predicted molar refractivity (Wildman–Crippen MR) is 112 cm³/mol. The minimum Gasteiger partial charge on any atom is -0.494 e. The van der Waals surface area contributed by atoms with Crippen LogP contribution in [0.2, 0.25) is 0 Å². The number of aromatic hydroxyl groups is 1. The van der Waals surface area contributed by atoms with Crippen molar-refractivity contribution in [1.29, 1.82) is 0 Å². The number of carbonyl (C=O) groups excluding carboxylic acids is 1. The summed E-state index contributed by atoms with van der Waals surface area (Å²) in [5, 5.41) is 10.8. The fourth-order valence-electron chi connectivity index (χ4n) is 3.36. The van der Waals surface area contributed by atoms with Crippen molar-refractivity contribution in [2.24, 2.45) is 0 Å². The van der Waals surface area contributed by atoms with E-state index in [1.807, 2.05) is 31.2 Å². The van der Waals surface area contributed by atoms with Gasteiger partial charge < -0.3 is 5.11 Å². The first-order valence-electron chi connectivity index (χ1n) is 9.20. The summed E-state index contributed by atoms with van der Waals surface area (Å²) in [4.78, 5) is 39.5. The molecule has 0 bridgehead atoms. The molecule has 0 radical (unpaired) electrons. The normalized spacial score (nSPS) is 14.2. The lowest BCUT2D eigenvalue weighted by Gasteiger charge is -2.14. The summed E-state index contributed by atoms with van der Waals surface area (Å²) in [5.74, 6) is -0.803. The van der Waals surface area contributed by atoms with Gasteiger partial charge in [0.25, 0.3) is 5.56 Å². The number of ketones is 1. The Kier molecular flexibility index (Phi) is 4.60. The zero-order valence-corrected chi connectivity index (χ0v) is 15.7. The van der Waals surface area contributed by atoms with Crippen LogP contribution in [0.5, 0.6) is 5.88 Å². The molecular weight excluding hydrogens is 368 g/mol. The van der Waals surface area contributed by atoms with Crippen LogP contribution >= 0.6 is 0 Å². The zero-order chi connectivity index (χ0) is 20.5. The van der Waals surface area contributed by atoms with Crippen LogP contribution in [0.25, 0.3) is 23.4 Å². The molecule has 6 heteroatoms. The van der Waals surface area contributed by atoms with E-state index in [2.05, 4.69) is 4.98 Å². The van der Waals surface area contributed by atoms with Gasteiger partial charge in [0.05, 0.1) is 5.69 Å². The van der Waals surface area contributed by atoms with Crippen molar-refractivity contribution in [3.63, 3.8) is 0 Å². The molecule has 0 atom stereocenters. The number of hydrogen-bond donors (Lipinski definition) is 2. The Balaban J connectivity index is 1.92. The summed E-state index contributed by atoms with van der Waals surface area (Å²) >= 11 is 0. The van der Waals surface area contributed by atoms with Crippen molar-refractivity contribution < 1.29 is 9.90 Å². The van der Waals surface area contributed by atoms with Crippen LogP contribution in [0.15, 0.2) is 64.2 Å². The Morgan fingerprint density at radius 1 is 1.00 bits per heavy atom. The van der Waals surface area contributed by atoms with Crippen molar-refractivity contribution >= 4 is 23.5 Å². The summed E-state index contributed by atoms with van der Waals surface area (Å²) < 4.78 is 1.02. The van der Waals surface area contributed by atoms with Gasteiger partial charge in [-0.2, -0.15) is 0 Å². The van der Waals surface area contributed by atoms with Crippen LogP contribution in [0, 0.1) is 0 Å². The molecule has 1 aliphatic rings.